The second-order valence-electron chi connectivity index (χ2n) is 3.65. The van der Waals surface area contributed by atoms with Crippen molar-refractivity contribution in [2.75, 3.05) is 13.2 Å². The molecule has 0 fully saturated rings. The molecule has 2 N–H and O–H groups in total. The molecule has 0 saturated heterocycles. The molecule has 0 amide bonds. The van der Waals surface area contributed by atoms with Crippen molar-refractivity contribution >= 4 is 23.2 Å². The van der Waals surface area contributed by atoms with Gasteiger partial charge >= 0.3 is 0 Å². The quantitative estimate of drug-likeness (QED) is 0.839. The molecule has 1 aromatic rings. The smallest absolute Gasteiger partial charge is 0.0468 e. The number of rotatable bonds is 5. The van der Waals surface area contributed by atoms with Crippen molar-refractivity contribution in [2.45, 2.75) is 13.5 Å². The van der Waals surface area contributed by atoms with Crippen LogP contribution in [0.25, 0.3) is 0 Å². The van der Waals surface area contributed by atoms with Gasteiger partial charge in [-0.2, -0.15) is 0 Å². The zero-order chi connectivity index (χ0) is 11.3. The Bertz CT molecular complexity index is 317. The molecule has 0 bridgehead atoms. The molecule has 1 aromatic carbocycles. The number of benzene rings is 1. The highest BCUT2D eigenvalue weighted by Crippen LogP contribution is 2.20. The van der Waals surface area contributed by atoms with Crippen molar-refractivity contribution in [1.82, 2.24) is 5.32 Å². The van der Waals surface area contributed by atoms with Gasteiger partial charge in [0.1, 0.15) is 0 Å². The summed E-state index contributed by atoms with van der Waals surface area (Å²) in [6.45, 7) is 3.65. The summed E-state index contributed by atoms with van der Waals surface area (Å²) in [6.07, 6.45) is 0. The van der Waals surface area contributed by atoms with E-state index in [0.717, 1.165) is 12.1 Å². The minimum Gasteiger partial charge on any atom is -0.396 e. The summed E-state index contributed by atoms with van der Waals surface area (Å²) in [6, 6.07) is 5.46. The highest BCUT2D eigenvalue weighted by molar-refractivity contribution is 6.35. The number of hydrogen-bond acceptors (Lipinski definition) is 2. The van der Waals surface area contributed by atoms with Crippen LogP contribution >= 0.6 is 23.2 Å². The van der Waals surface area contributed by atoms with Crippen LogP contribution in [0.1, 0.15) is 12.5 Å². The fraction of sp³-hybridized carbons (Fsp3) is 0.455. The highest BCUT2D eigenvalue weighted by atomic mass is 35.5. The van der Waals surface area contributed by atoms with E-state index in [9.17, 15) is 0 Å². The molecule has 0 heterocycles. The third-order valence-corrected chi connectivity index (χ3v) is 2.72. The highest BCUT2D eigenvalue weighted by Gasteiger charge is 2.02. The van der Waals surface area contributed by atoms with E-state index < -0.39 is 0 Å². The molecule has 0 spiro atoms. The van der Waals surface area contributed by atoms with Gasteiger partial charge in [0, 0.05) is 29.7 Å². The predicted octanol–water partition coefficient (Wildman–Crippen LogP) is 2.71. The molecule has 1 unspecified atom stereocenters. The summed E-state index contributed by atoms with van der Waals surface area (Å²) in [4.78, 5) is 0. The zero-order valence-electron chi connectivity index (χ0n) is 8.63. The molecular weight excluding hydrogens is 233 g/mol. The molecule has 84 valence electrons. The van der Waals surface area contributed by atoms with Crippen molar-refractivity contribution in [3.05, 3.63) is 33.8 Å². The summed E-state index contributed by atoms with van der Waals surface area (Å²) in [5.41, 5.74) is 1.02. The van der Waals surface area contributed by atoms with E-state index in [4.69, 9.17) is 28.3 Å². The second-order valence-corrected chi connectivity index (χ2v) is 4.50. The fourth-order valence-electron chi connectivity index (χ4n) is 1.18. The molecule has 0 aliphatic heterocycles. The van der Waals surface area contributed by atoms with Gasteiger partial charge < -0.3 is 10.4 Å². The minimum absolute atomic E-state index is 0.196. The molecule has 4 heteroatoms. The van der Waals surface area contributed by atoms with Crippen LogP contribution in [0.4, 0.5) is 0 Å². The maximum absolute atomic E-state index is 8.84. The van der Waals surface area contributed by atoms with Crippen molar-refractivity contribution in [2.24, 2.45) is 5.92 Å². The van der Waals surface area contributed by atoms with Crippen LogP contribution < -0.4 is 5.32 Å². The topological polar surface area (TPSA) is 32.3 Å². The molecule has 0 aromatic heterocycles. The van der Waals surface area contributed by atoms with Crippen molar-refractivity contribution in [1.29, 1.82) is 0 Å². The standard InChI is InChI=1S/C11H15Cl2NO/c1-8(7-15)5-14-6-9-2-3-10(12)4-11(9)13/h2-4,8,14-15H,5-7H2,1H3. The molecule has 1 rings (SSSR count). The first-order valence-electron chi connectivity index (χ1n) is 4.89. The van der Waals surface area contributed by atoms with Crippen LogP contribution in [-0.2, 0) is 6.54 Å². The maximum atomic E-state index is 8.84. The minimum atomic E-state index is 0.196. The lowest BCUT2D eigenvalue weighted by molar-refractivity contribution is 0.233. The van der Waals surface area contributed by atoms with Gasteiger partial charge in [-0.05, 0) is 23.6 Å². The number of hydrogen-bond donors (Lipinski definition) is 2. The monoisotopic (exact) mass is 247 g/mol. The van der Waals surface area contributed by atoms with E-state index in [2.05, 4.69) is 5.32 Å². The number of halogens is 2. The first-order valence-corrected chi connectivity index (χ1v) is 5.64. The summed E-state index contributed by atoms with van der Waals surface area (Å²) in [5.74, 6) is 0.260. The summed E-state index contributed by atoms with van der Waals surface area (Å²) in [5, 5.41) is 13.4. The van der Waals surface area contributed by atoms with Crippen LogP contribution in [0.3, 0.4) is 0 Å². The van der Waals surface area contributed by atoms with Crippen LogP contribution in [0, 0.1) is 5.92 Å². The first-order chi connectivity index (χ1) is 7.13. The molecule has 0 saturated carbocycles. The Balaban J connectivity index is 2.44. The van der Waals surface area contributed by atoms with Crippen LogP contribution in [0.2, 0.25) is 10.0 Å². The molecule has 1 atom stereocenters. The van der Waals surface area contributed by atoms with Crippen molar-refractivity contribution in [3.63, 3.8) is 0 Å². The summed E-state index contributed by atoms with van der Waals surface area (Å²) < 4.78 is 0. The van der Waals surface area contributed by atoms with E-state index in [1.807, 2.05) is 19.1 Å². The average molecular weight is 248 g/mol. The van der Waals surface area contributed by atoms with E-state index in [-0.39, 0.29) is 12.5 Å². The molecular formula is C11H15Cl2NO. The number of aliphatic hydroxyl groups excluding tert-OH is 1. The molecule has 15 heavy (non-hydrogen) atoms. The van der Waals surface area contributed by atoms with Gasteiger partial charge in [-0.15, -0.1) is 0 Å². The van der Waals surface area contributed by atoms with Gasteiger partial charge in [0.05, 0.1) is 0 Å². The third kappa shape index (κ3) is 4.39. The van der Waals surface area contributed by atoms with E-state index in [1.54, 1.807) is 6.07 Å². The van der Waals surface area contributed by atoms with E-state index >= 15 is 0 Å². The SMILES string of the molecule is CC(CO)CNCc1ccc(Cl)cc1Cl. The fourth-order valence-corrected chi connectivity index (χ4v) is 1.66. The lowest BCUT2D eigenvalue weighted by atomic mass is 10.2. The van der Waals surface area contributed by atoms with Gasteiger partial charge in [0.25, 0.3) is 0 Å². The van der Waals surface area contributed by atoms with E-state index in [0.29, 0.717) is 16.6 Å². The Hall–Kier alpha value is -0.280. The van der Waals surface area contributed by atoms with Gasteiger partial charge in [0.2, 0.25) is 0 Å². The summed E-state index contributed by atoms with van der Waals surface area (Å²) in [7, 11) is 0. The Morgan fingerprint density at radius 3 is 2.73 bits per heavy atom. The molecule has 0 radical (unpaired) electrons. The number of nitrogens with one attached hydrogen (secondary N) is 1. The lowest BCUT2D eigenvalue weighted by Gasteiger charge is -2.10. The first kappa shape index (κ1) is 12.8. The maximum Gasteiger partial charge on any atom is 0.0468 e. The molecule has 0 aliphatic carbocycles. The van der Waals surface area contributed by atoms with Crippen molar-refractivity contribution < 1.29 is 5.11 Å². The van der Waals surface area contributed by atoms with Gasteiger partial charge in [-0.25, -0.2) is 0 Å². The normalized spacial score (nSPS) is 12.8. The second kappa shape index (κ2) is 6.33. The Kier molecular flexibility index (Phi) is 5.40. The third-order valence-electron chi connectivity index (χ3n) is 2.14. The van der Waals surface area contributed by atoms with Gasteiger partial charge in [-0.3, -0.25) is 0 Å². The van der Waals surface area contributed by atoms with Crippen molar-refractivity contribution in [3.8, 4) is 0 Å². The van der Waals surface area contributed by atoms with Gasteiger partial charge in [-0.1, -0.05) is 36.2 Å². The Labute approximate surface area is 100 Å². The van der Waals surface area contributed by atoms with Crippen LogP contribution in [0.5, 0.6) is 0 Å². The average Bonchev–Trinajstić information content (AvgIpc) is 2.21. The molecule has 2 nitrogen and oxygen atoms in total. The van der Waals surface area contributed by atoms with Crippen LogP contribution in [-0.4, -0.2) is 18.3 Å². The van der Waals surface area contributed by atoms with Crippen LogP contribution in [0.15, 0.2) is 18.2 Å². The molecule has 0 aliphatic rings. The zero-order valence-corrected chi connectivity index (χ0v) is 10.1. The Morgan fingerprint density at radius 2 is 2.13 bits per heavy atom. The summed E-state index contributed by atoms with van der Waals surface area (Å²) >= 11 is 11.8. The Morgan fingerprint density at radius 1 is 1.40 bits per heavy atom. The number of aliphatic hydroxyl groups is 1. The van der Waals surface area contributed by atoms with E-state index in [1.165, 1.54) is 0 Å². The largest absolute Gasteiger partial charge is 0.396 e. The lowest BCUT2D eigenvalue weighted by Crippen LogP contribution is -2.22. The predicted molar refractivity (Wildman–Crippen MR) is 64.4 cm³/mol. The van der Waals surface area contributed by atoms with Gasteiger partial charge in [0.15, 0.2) is 0 Å².